The molecule has 1 aromatic rings. The topological polar surface area (TPSA) is 82.2 Å². The maximum Gasteiger partial charge on any atom is 0.244 e. The van der Waals surface area contributed by atoms with Gasteiger partial charge in [0.1, 0.15) is 6.04 Å². The van der Waals surface area contributed by atoms with Crippen molar-refractivity contribution < 1.29 is 9.53 Å². The van der Waals surface area contributed by atoms with E-state index in [1.165, 1.54) is 0 Å². The molecule has 0 aromatic carbocycles. The smallest absolute Gasteiger partial charge is 0.244 e. The molecule has 1 unspecified atom stereocenters. The number of nitrogens with one attached hydrogen (secondary N) is 1. The van der Waals surface area contributed by atoms with E-state index in [0.717, 1.165) is 24.2 Å². The van der Waals surface area contributed by atoms with Crippen LogP contribution in [0.3, 0.4) is 0 Å². The summed E-state index contributed by atoms with van der Waals surface area (Å²) in [7, 11) is 1.60. The summed E-state index contributed by atoms with van der Waals surface area (Å²) >= 11 is 0. The van der Waals surface area contributed by atoms with Crippen molar-refractivity contribution in [1.82, 2.24) is 15.1 Å². The highest BCUT2D eigenvalue weighted by Gasteiger charge is 2.21. The van der Waals surface area contributed by atoms with Gasteiger partial charge in [-0.25, -0.2) is 0 Å². The van der Waals surface area contributed by atoms with Crippen LogP contribution in [0.5, 0.6) is 0 Å². The molecule has 0 spiro atoms. The van der Waals surface area contributed by atoms with Crippen molar-refractivity contribution in [2.75, 3.05) is 26.0 Å². The fourth-order valence-electron chi connectivity index (χ4n) is 2.00. The van der Waals surface area contributed by atoms with Crippen LogP contribution in [0.15, 0.2) is 0 Å². The van der Waals surface area contributed by atoms with Crippen molar-refractivity contribution >= 4 is 11.6 Å². The summed E-state index contributed by atoms with van der Waals surface area (Å²) in [6.45, 7) is 6.84. The molecule has 1 rings (SSSR count). The van der Waals surface area contributed by atoms with Crippen molar-refractivity contribution in [1.29, 1.82) is 0 Å². The predicted molar refractivity (Wildman–Crippen MR) is 75.0 cm³/mol. The number of nitrogens with two attached hydrogens (primary N) is 1. The number of carbonyl (C=O) groups is 1. The quantitative estimate of drug-likeness (QED) is 0.720. The van der Waals surface area contributed by atoms with E-state index < -0.39 is 0 Å². The van der Waals surface area contributed by atoms with Crippen LogP contribution >= 0.6 is 0 Å². The number of aromatic nitrogens is 2. The summed E-state index contributed by atoms with van der Waals surface area (Å²) in [6.07, 6.45) is 1.53. The van der Waals surface area contributed by atoms with E-state index in [4.69, 9.17) is 10.5 Å². The summed E-state index contributed by atoms with van der Waals surface area (Å²) < 4.78 is 6.64. The Bertz CT molecular complexity index is 429. The summed E-state index contributed by atoms with van der Waals surface area (Å²) in [6, 6.07) is -0.366. The van der Waals surface area contributed by atoms with E-state index in [2.05, 4.69) is 10.4 Å². The number of ether oxygens (including phenoxy) is 1. The van der Waals surface area contributed by atoms with Crippen molar-refractivity contribution in [2.24, 2.45) is 0 Å². The fourth-order valence-corrected chi connectivity index (χ4v) is 2.00. The monoisotopic (exact) mass is 268 g/mol. The second-order valence-electron chi connectivity index (χ2n) is 4.42. The van der Waals surface area contributed by atoms with Gasteiger partial charge in [-0.15, -0.1) is 0 Å². The molecular weight excluding hydrogens is 244 g/mol. The van der Waals surface area contributed by atoms with E-state index in [-0.39, 0.29) is 11.9 Å². The molecule has 0 saturated heterocycles. The first-order chi connectivity index (χ1) is 9.06. The molecule has 6 nitrogen and oxygen atoms in total. The lowest BCUT2D eigenvalue weighted by Crippen LogP contribution is -2.34. The average molecular weight is 268 g/mol. The number of aryl methyl sites for hydroxylation is 1. The zero-order valence-corrected chi connectivity index (χ0v) is 12.2. The number of carbonyl (C=O) groups excluding carboxylic acids is 1. The van der Waals surface area contributed by atoms with E-state index in [0.29, 0.717) is 18.8 Å². The Morgan fingerprint density at radius 2 is 2.16 bits per heavy atom. The van der Waals surface area contributed by atoms with Crippen LogP contribution in [0.2, 0.25) is 0 Å². The van der Waals surface area contributed by atoms with Crippen molar-refractivity contribution in [3.63, 3.8) is 0 Å². The van der Waals surface area contributed by atoms with Crippen LogP contribution in [0.1, 0.15) is 38.2 Å². The predicted octanol–water partition coefficient (Wildman–Crippen LogP) is 0.914. The maximum atomic E-state index is 12.0. The average Bonchev–Trinajstić information content (AvgIpc) is 2.74. The Morgan fingerprint density at radius 3 is 2.68 bits per heavy atom. The molecule has 0 aliphatic heterocycles. The van der Waals surface area contributed by atoms with Crippen LogP contribution in [0.25, 0.3) is 0 Å². The third-order valence-electron chi connectivity index (χ3n) is 3.15. The van der Waals surface area contributed by atoms with Crippen LogP contribution in [0, 0.1) is 0 Å². The van der Waals surface area contributed by atoms with Gasteiger partial charge in [0.2, 0.25) is 5.91 Å². The first kappa shape index (κ1) is 15.5. The first-order valence-corrected chi connectivity index (χ1v) is 6.69. The van der Waals surface area contributed by atoms with Gasteiger partial charge in [0.05, 0.1) is 23.7 Å². The maximum absolute atomic E-state index is 12.0. The zero-order chi connectivity index (χ0) is 14.4. The lowest BCUT2D eigenvalue weighted by Gasteiger charge is -2.15. The summed E-state index contributed by atoms with van der Waals surface area (Å²) in [4.78, 5) is 12.0. The number of anilines is 1. The molecule has 1 heterocycles. The Labute approximate surface area is 114 Å². The van der Waals surface area contributed by atoms with Crippen molar-refractivity contribution in [3.05, 3.63) is 11.4 Å². The second kappa shape index (κ2) is 7.13. The van der Waals surface area contributed by atoms with Gasteiger partial charge in [-0.1, -0.05) is 13.8 Å². The molecule has 0 saturated carbocycles. The Balaban J connectivity index is 2.86. The highest BCUT2D eigenvalue weighted by Crippen LogP contribution is 2.22. The number of methoxy groups -OCH3 is 1. The number of amides is 1. The molecule has 1 atom stereocenters. The zero-order valence-electron chi connectivity index (χ0n) is 12.2. The molecule has 0 bridgehead atoms. The van der Waals surface area contributed by atoms with E-state index in [1.807, 2.05) is 20.8 Å². The third kappa shape index (κ3) is 3.47. The minimum atomic E-state index is -0.366. The second-order valence-corrected chi connectivity index (χ2v) is 4.42. The van der Waals surface area contributed by atoms with Gasteiger partial charge in [-0.2, -0.15) is 5.10 Å². The van der Waals surface area contributed by atoms with Gasteiger partial charge in [-0.05, 0) is 19.8 Å². The minimum Gasteiger partial charge on any atom is -0.396 e. The van der Waals surface area contributed by atoms with Gasteiger partial charge in [0, 0.05) is 13.7 Å². The Kier molecular flexibility index (Phi) is 5.82. The minimum absolute atomic E-state index is 0.0723. The Morgan fingerprint density at radius 1 is 1.47 bits per heavy atom. The molecule has 0 aliphatic rings. The van der Waals surface area contributed by atoms with Crippen LogP contribution in [-0.2, 0) is 22.4 Å². The van der Waals surface area contributed by atoms with Gasteiger partial charge >= 0.3 is 0 Å². The molecule has 6 heteroatoms. The number of hydrogen-bond acceptors (Lipinski definition) is 4. The van der Waals surface area contributed by atoms with Crippen LogP contribution in [0.4, 0.5) is 5.69 Å². The largest absolute Gasteiger partial charge is 0.396 e. The summed E-state index contributed by atoms with van der Waals surface area (Å²) in [5.74, 6) is -0.0723. The third-order valence-corrected chi connectivity index (χ3v) is 3.15. The number of hydrogen-bond donors (Lipinski definition) is 2. The molecule has 1 aromatic heterocycles. The molecule has 0 radical (unpaired) electrons. The van der Waals surface area contributed by atoms with Crippen molar-refractivity contribution in [2.45, 2.75) is 39.7 Å². The molecular formula is C13H24N4O2. The standard InChI is InChI=1S/C13H24N4O2/c1-5-10-12(14)11(6-2)17(16-10)9(3)13(18)15-7-8-19-4/h9H,5-8,14H2,1-4H3,(H,15,18). The highest BCUT2D eigenvalue weighted by atomic mass is 16.5. The normalized spacial score (nSPS) is 12.4. The highest BCUT2D eigenvalue weighted by molar-refractivity contribution is 5.80. The number of nitrogen functional groups attached to an aromatic ring is 1. The Hall–Kier alpha value is -1.56. The molecule has 3 N–H and O–H groups in total. The molecule has 108 valence electrons. The first-order valence-electron chi connectivity index (χ1n) is 6.69. The SMILES string of the molecule is CCc1nn(C(C)C(=O)NCCOC)c(CC)c1N. The molecule has 19 heavy (non-hydrogen) atoms. The molecule has 0 aliphatic carbocycles. The van der Waals surface area contributed by atoms with Gasteiger partial charge in [0.15, 0.2) is 0 Å². The molecule has 1 amide bonds. The summed E-state index contributed by atoms with van der Waals surface area (Å²) in [5.41, 5.74) is 8.54. The van der Waals surface area contributed by atoms with E-state index in [1.54, 1.807) is 11.8 Å². The van der Waals surface area contributed by atoms with Crippen molar-refractivity contribution in [3.8, 4) is 0 Å². The summed E-state index contributed by atoms with van der Waals surface area (Å²) in [5, 5.41) is 7.26. The van der Waals surface area contributed by atoms with Gasteiger partial charge < -0.3 is 15.8 Å². The molecule has 0 fully saturated rings. The number of rotatable bonds is 7. The van der Waals surface area contributed by atoms with Gasteiger partial charge in [0.25, 0.3) is 0 Å². The number of nitrogens with zero attached hydrogens (tertiary/aromatic N) is 2. The fraction of sp³-hybridized carbons (Fsp3) is 0.692. The lowest BCUT2D eigenvalue weighted by molar-refractivity contribution is -0.124. The van der Waals surface area contributed by atoms with Gasteiger partial charge in [-0.3, -0.25) is 9.48 Å². The lowest BCUT2D eigenvalue weighted by atomic mass is 10.2. The van der Waals surface area contributed by atoms with Crippen LogP contribution < -0.4 is 11.1 Å². The van der Waals surface area contributed by atoms with Crippen LogP contribution in [-0.4, -0.2) is 35.9 Å². The van der Waals surface area contributed by atoms with E-state index >= 15 is 0 Å². The van der Waals surface area contributed by atoms with E-state index in [9.17, 15) is 4.79 Å².